The summed E-state index contributed by atoms with van der Waals surface area (Å²) < 4.78 is 0. The highest BCUT2D eigenvalue weighted by atomic mass is 16.4. The number of carbonyl (C=O) groups excluding carboxylic acids is 1. The molecule has 0 rings (SSSR count). The van der Waals surface area contributed by atoms with Crippen molar-refractivity contribution in [3.63, 3.8) is 0 Å². The molecular weight excluding hydrogens is 146 g/mol. The molecule has 0 aromatic heterocycles. The van der Waals surface area contributed by atoms with Crippen LogP contribution in [0, 0.1) is 0 Å². The fourth-order valence-electron chi connectivity index (χ4n) is 0.676. The molecule has 0 saturated heterocycles. The summed E-state index contributed by atoms with van der Waals surface area (Å²) in [4.78, 5) is 20.6. The van der Waals surface area contributed by atoms with Gasteiger partial charge in [-0.25, -0.2) is 0 Å². The Morgan fingerprint density at radius 3 is 2.45 bits per heavy atom. The second-order valence-corrected chi connectivity index (χ2v) is 2.50. The van der Waals surface area contributed by atoms with E-state index in [2.05, 4.69) is 0 Å². The van der Waals surface area contributed by atoms with Crippen LogP contribution in [-0.4, -0.2) is 22.9 Å². The fraction of sp³-hybridized carbons (Fsp3) is 0.714. The SMILES string of the molecule is CC(=O)[C@H](N)CCCC(=O)O. The van der Waals surface area contributed by atoms with E-state index in [1.165, 1.54) is 6.92 Å². The first-order chi connectivity index (χ1) is 5.04. The zero-order valence-corrected chi connectivity index (χ0v) is 6.54. The largest absolute Gasteiger partial charge is 0.481 e. The highest BCUT2D eigenvalue weighted by molar-refractivity contribution is 5.81. The molecular formula is C7H13NO3. The van der Waals surface area contributed by atoms with Crippen LogP contribution in [-0.2, 0) is 9.59 Å². The number of carbonyl (C=O) groups is 2. The normalized spacial score (nSPS) is 12.5. The summed E-state index contributed by atoms with van der Waals surface area (Å²) >= 11 is 0. The van der Waals surface area contributed by atoms with Gasteiger partial charge in [0.1, 0.15) is 5.78 Å². The van der Waals surface area contributed by atoms with Crippen molar-refractivity contribution in [2.75, 3.05) is 0 Å². The summed E-state index contributed by atoms with van der Waals surface area (Å²) in [6, 6.07) is -0.491. The molecule has 0 aromatic rings. The third kappa shape index (κ3) is 5.54. The van der Waals surface area contributed by atoms with Gasteiger partial charge < -0.3 is 10.8 Å². The maximum Gasteiger partial charge on any atom is 0.303 e. The molecule has 0 radical (unpaired) electrons. The molecule has 0 aliphatic rings. The van der Waals surface area contributed by atoms with Crippen LogP contribution in [0.3, 0.4) is 0 Å². The van der Waals surface area contributed by atoms with Crippen LogP contribution < -0.4 is 5.73 Å². The minimum absolute atomic E-state index is 0.0843. The minimum Gasteiger partial charge on any atom is -0.481 e. The van der Waals surface area contributed by atoms with Gasteiger partial charge in [-0.2, -0.15) is 0 Å². The summed E-state index contributed by atoms with van der Waals surface area (Å²) in [5.41, 5.74) is 5.36. The Balaban J connectivity index is 3.39. The number of hydrogen-bond acceptors (Lipinski definition) is 3. The van der Waals surface area contributed by atoms with Crippen LogP contribution in [0.25, 0.3) is 0 Å². The molecule has 0 heterocycles. The summed E-state index contributed by atoms with van der Waals surface area (Å²) in [6.45, 7) is 1.41. The van der Waals surface area contributed by atoms with Crippen molar-refractivity contribution in [1.82, 2.24) is 0 Å². The summed E-state index contributed by atoms with van der Waals surface area (Å²) in [5.74, 6) is -0.934. The molecule has 0 amide bonds. The van der Waals surface area contributed by atoms with Gasteiger partial charge in [0.15, 0.2) is 0 Å². The minimum atomic E-state index is -0.847. The van der Waals surface area contributed by atoms with Crippen molar-refractivity contribution in [2.24, 2.45) is 5.73 Å². The standard InChI is InChI=1S/C7H13NO3/c1-5(9)6(8)3-2-4-7(10)11/h6H,2-4,8H2,1H3,(H,10,11)/t6-/m1/s1. The van der Waals surface area contributed by atoms with Gasteiger partial charge in [-0.15, -0.1) is 0 Å². The van der Waals surface area contributed by atoms with Gasteiger partial charge in [-0.1, -0.05) is 0 Å². The van der Waals surface area contributed by atoms with Crippen molar-refractivity contribution in [3.05, 3.63) is 0 Å². The van der Waals surface area contributed by atoms with E-state index in [4.69, 9.17) is 10.8 Å². The van der Waals surface area contributed by atoms with E-state index in [1.54, 1.807) is 0 Å². The number of aliphatic carboxylic acids is 1. The number of carboxylic acid groups (broad SMARTS) is 1. The second-order valence-electron chi connectivity index (χ2n) is 2.50. The van der Waals surface area contributed by atoms with E-state index < -0.39 is 12.0 Å². The first-order valence-electron chi connectivity index (χ1n) is 3.52. The zero-order chi connectivity index (χ0) is 8.85. The molecule has 11 heavy (non-hydrogen) atoms. The van der Waals surface area contributed by atoms with Crippen LogP contribution in [0.4, 0.5) is 0 Å². The third-order valence-corrected chi connectivity index (χ3v) is 1.43. The van der Waals surface area contributed by atoms with Crippen LogP contribution in [0.15, 0.2) is 0 Å². The smallest absolute Gasteiger partial charge is 0.303 e. The molecule has 0 bridgehead atoms. The van der Waals surface area contributed by atoms with Crippen molar-refractivity contribution in [3.8, 4) is 0 Å². The van der Waals surface area contributed by atoms with Crippen LogP contribution in [0.1, 0.15) is 26.2 Å². The highest BCUT2D eigenvalue weighted by Crippen LogP contribution is 1.99. The Bertz CT molecular complexity index is 156. The van der Waals surface area contributed by atoms with E-state index in [9.17, 15) is 9.59 Å². The highest BCUT2D eigenvalue weighted by Gasteiger charge is 2.07. The number of Topliss-reactive ketones (excluding diaryl/α,β-unsaturated/α-hetero) is 1. The molecule has 0 saturated carbocycles. The number of ketones is 1. The maximum absolute atomic E-state index is 10.5. The fourth-order valence-corrected chi connectivity index (χ4v) is 0.676. The maximum atomic E-state index is 10.5. The van der Waals surface area contributed by atoms with E-state index in [0.29, 0.717) is 12.8 Å². The lowest BCUT2D eigenvalue weighted by atomic mass is 10.1. The summed E-state index contributed by atoms with van der Waals surface area (Å²) in [5, 5.41) is 8.24. The van der Waals surface area contributed by atoms with Gasteiger partial charge in [0.25, 0.3) is 0 Å². The molecule has 4 heteroatoms. The Hall–Kier alpha value is -0.900. The second kappa shape index (κ2) is 4.85. The summed E-state index contributed by atoms with van der Waals surface area (Å²) in [6.07, 6.45) is 1.01. The van der Waals surface area contributed by atoms with Gasteiger partial charge in [-0.3, -0.25) is 9.59 Å². The number of nitrogens with two attached hydrogens (primary N) is 1. The molecule has 0 unspecified atom stereocenters. The van der Waals surface area contributed by atoms with Crippen LogP contribution >= 0.6 is 0 Å². The lowest BCUT2D eigenvalue weighted by Crippen LogP contribution is -2.28. The number of carboxylic acids is 1. The van der Waals surface area contributed by atoms with Crippen molar-refractivity contribution in [1.29, 1.82) is 0 Å². The zero-order valence-electron chi connectivity index (χ0n) is 6.54. The Kier molecular flexibility index (Phi) is 4.45. The Morgan fingerprint density at radius 2 is 2.09 bits per heavy atom. The van der Waals surface area contributed by atoms with Crippen molar-refractivity contribution < 1.29 is 14.7 Å². The van der Waals surface area contributed by atoms with E-state index >= 15 is 0 Å². The number of hydrogen-bond donors (Lipinski definition) is 2. The van der Waals surface area contributed by atoms with Gasteiger partial charge in [0.05, 0.1) is 6.04 Å². The van der Waals surface area contributed by atoms with Crippen molar-refractivity contribution in [2.45, 2.75) is 32.2 Å². The van der Waals surface area contributed by atoms with Gasteiger partial charge in [-0.05, 0) is 19.8 Å². The molecule has 64 valence electrons. The third-order valence-electron chi connectivity index (χ3n) is 1.43. The van der Waals surface area contributed by atoms with Crippen LogP contribution in [0.5, 0.6) is 0 Å². The van der Waals surface area contributed by atoms with Gasteiger partial charge in [0.2, 0.25) is 0 Å². The average molecular weight is 159 g/mol. The average Bonchev–Trinajstić information content (AvgIpc) is 1.86. The molecule has 0 aliphatic heterocycles. The molecule has 0 fully saturated rings. The molecule has 4 nitrogen and oxygen atoms in total. The topological polar surface area (TPSA) is 80.4 Å². The first-order valence-corrected chi connectivity index (χ1v) is 3.52. The lowest BCUT2D eigenvalue weighted by Gasteiger charge is -2.04. The Labute approximate surface area is 65.4 Å². The molecule has 0 aliphatic carbocycles. The molecule has 0 spiro atoms. The monoisotopic (exact) mass is 159 g/mol. The van der Waals surface area contributed by atoms with E-state index in [0.717, 1.165) is 0 Å². The van der Waals surface area contributed by atoms with Gasteiger partial charge in [0, 0.05) is 6.42 Å². The lowest BCUT2D eigenvalue weighted by molar-refractivity contribution is -0.137. The molecule has 1 atom stereocenters. The van der Waals surface area contributed by atoms with Gasteiger partial charge >= 0.3 is 5.97 Å². The predicted octanol–water partition coefficient (Wildman–Crippen LogP) is 0.158. The van der Waals surface area contributed by atoms with E-state index in [-0.39, 0.29) is 12.2 Å². The quantitative estimate of drug-likeness (QED) is 0.598. The number of rotatable bonds is 5. The first kappa shape index (κ1) is 10.1. The summed E-state index contributed by atoms with van der Waals surface area (Å²) in [7, 11) is 0. The van der Waals surface area contributed by atoms with Crippen molar-refractivity contribution >= 4 is 11.8 Å². The van der Waals surface area contributed by atoms with Crippen LogP contribution in [0.2, 0.25) is 0 Å². The predicted molar refractivity (Wildman–Crippen MR) is 40.1 cm³/mol. The Morgan fingerprint density at radius 1 is 1.55 bits per heavy atom. The molecule has 3 N–H and O–H groups in total. The van der Waals surface area contributed by atoms with E-state index in [1.807, 2.05) is 0 Å². The molecule has 0 aromatic carbocycles.